The average molecular weight is 417 g/mol. The van der Waals surface area contributed by atoms with Crippen LogP contribution in [-0.4, -0.2) is 18.5 Å². The van der Waals surface area contributed by atoms with Crippen molar-refractivity contribution >= 4 is 29.0 Å². The Morgan fingerprint density at radius 2 is 1.61 bits per heavy atom. The highest BCUT2D eigenvalue weighted by molar-refractivity contribution is 6.02. The van der Waals surface area contributed by atoms with Gasteiger partial charge in [0.25, 0.3) is 0 Å². The molecular formula is C25H24FN3O2. The average Bonchev–Trinajstić information content (AvgIpc) is 2.99. The highest BCUT2D eigenvalue weighted by Crippen LogP contribution is 2.27. The van der Waals surface area contributed by atoms with Gasteiger partial charge in [0.15, 0.2) is 0 Å². The summed E-state index contributed by atoms with van der Waals surface area (Å²) in [6, 6.07) is 21.0. The van der Waals surface area contributed by atoms with E-state index in [0.29, 0.717) is 12.2 Å². The minimum atomic E-state index is -0.469. The third-order valence-electron chi connectivity index (χ3n) is 5.32. The molecule has 0 saturated heterocycles. The highest BCUT2D eigenvalue weighted by atomic mass is 19.1. The molecule has 3 aromatic rings. The van der Waals surface area contributed by atoms with Crippen molar-refractivity contribution in [3.05, 3.63) is 89.7 Å². The van der Waals surface area contributed by atoms with Crippen LogP contribution in [0.3, 0.4) is 0 Å². The van der Waals surface area contributed by atoms with Crippen molar-refractivity contribution in [3.8, 4) is 0 Å². The molecule has 3 amide bonds. The summed E-state index contributed by atoms with van der Waals surface area (Å²) in [6.45, 7) is 0.678. The molecule has 4 rings (SSSR count). The number of nitrogens with one attached hydrogen (secondary N) is 2. The molecule has 0 aliphatic carbocycles. The lowest BCUT2D eigenvalue weighted by molar-refractivity contribution is -0.115. The summed E-state index contributed by atoms with van der Waals surface area (Å²) in [6.07, 6.45) is 3.11. The van der Waals surface area contributed by atoms with Crippen LogP contribution in [0.25, 0.3) is 0 Å². The second-order valence-corrected chi connectivity index (χ2v) is 7.57. The number of hydrogen-bond donors (Lipinski definition) is 2. The molecule has 0 aromatic heterocycles. The number of amides is 3. The number of halogens is 1. The number of nitrogens with zero attached hydrogens (tertiary/aromatic N) is 1. The lowest BCUT2D eigenvalue weighted by Crippen LogP contribution is -2.35. The number of fused-ring (bicyclic) bond motifs is 1. The number of hydrogen-bond acceptors (Lipinski definition) is 2. The molecule has 0 unspecified atom stereocenters. The first-order chi connectivity index (χ1) is 15.1. The zero-order chi connectivity index (χ0) is 21.6. The van der Waals surface area contributed by atoms with E-state index in [1.807, 2.05) is 18.2 Å². The lowest BCUT2D eigenvalue weighted by Gasteiger charge is -2.23. The Hall–Kier alpha value is -3.67. The predicted octanol–water partition coefficient (Wildman–Crippen LogP) is 5.38. The predicted molar refractivity (Wildman–Crippen MR) is 121 cm³/mol. The van der Waals surface area contributed by atoms with Crippen LogP contribution in [0.4, 0.5) is 26.2 Å². The van der Waals surface area contributed by atoms with Crippen LogP contribution in [0.15, 0.2) is 72.8 Å². The topological polar surface area (TPSA) is 61.4 Å². The maximum atomic E-state index is 13.7. The van der Waals surface area contributed by atoms with Gasteiger partial charge in [-0.1, -0.05) is 42.5 Å². The fourth-order valence-electron chi connectivity index (χ4n) is 3.74. The number of urea groups is 1. The molecule has 0 bridgehead atoms. The fraction of sp³-hybridized carbons (Fsp3) is 0.200. The molecule has 3 aromatic carbocycles. The molecule has 31 heavy (non-hydrogen) atoms. The first-order valence-corrected chi connectivity index (χ1v) is 10.4. The number of carbonyl (C=O) groups excluding carboxylic acids is 2. The molecule has 6 heteroatoms. The van der Waals surface area contributed by atoms with Crippen molar-refractivity contribution in [1.29, 1.82) is 0 Å². The summed E-state index contributed by atoms with van der Waals surface area (Å²) in [5.74, 6) is -0.771. The number of carbonyl (C=O) groups is 2. The van der Waals surface area contributed by atoms with Crippen molar-refractivity contribution in [2.45, 2.75) is 25.7 Å². The number of aryl methyl sites for hydroxylation is 1. The standard InChI is InChI=1S/C25H24FN3O2/c26-21-9-2-3-10-22(21)28-24(30)17-18-12-14-20(15-13-18)27-25(31)29-16-6-5-8-19-7-1-4-11-23(19)29/h1-4,7,9-15H,5-6,8,16-17H2,(H,27,31)(H,28,30). The molecule has 158 valence electrons. The molecule has 1 heterocycles. The Morgan fingerprint density at radius 1 is 0.871 bits per heavy atom. The zero-order valence-corrected chi connectivity index (χ0v) is 17.1. The van der Waals surface area contributed by atoms with Crippen LogP contribution in [-0.2, 0) is 17.6 Å². The zero-order valence-electron chi connectivity index (χ0n) is 17.1. The summed E-state index contributed by atoms with van der Waals surface area (Å²) >= 11 is 0. The van der Waals surface area contributed by atoms with Crippen LogP contribution in [0.1, 0.15) is 24.0 Å². The van der Waals surface area contributed by atoms with Crippen molar-refractivity contribution in [3.63, 3.8) is 0 Å². The minimum absolute atomic E-state index is 0.113. The van der Waals surface area contributed by atoms with E-state index in [1.165, 1.54) is 17.7 Å². The Kier molecular flexibility index (Phi) is 6.26. The van der Waals surface area contributed by atoms with Gasteiger partial charge in [-0.25, -0.2) is 9.18 Å². The smallest absolute Gasteiger partial charge is 0.323 e. The Balaban J connectivity index is 1.38. The highest BCUT2D eigenvalue weighted by Gasteiger charge is 2.20. The molecule has 0 radical (unpaired) electrons. The van der Waals surface area contributed by atoms with E-state index >= 15 is 0 Å². The summed E-state index contributed by atoms with van der Waals surface area (Å²) in [5.41, 5.74) is 3.73. The van der Waals surface area contributed by atoms with Crippen molar-refractivity contribution in [1.82, 2.24) is 0 Å². The van der Waals surface area contributed by atoms with E-state index in [0.717, 1.165) is 30.5 Å². The monoisotopic (exact) mass is 417 g/mol. The van der Waals surface area contributed by atoms with Gasteiger partial charge in [-0.05, 0) is 60.7 Å². The SMILES string of the molecule is O=C(Cc1ccc(NC(=O)N2CCCCc3ccccc32)cc1)Nc1ccccc1F. The van der Waals surface area contributed by atoms with Crippen molar-refractivity contribution in [2.24, 2.45) is 0 Å². The van der Waals surface area contributed by atoms with Crippen molar-refractivity contribution < 1.29 is 14.0 Å². The quantitative estimate of drug-likeness (QED) is 0.599. The molecule has 0 fully saturated rings. The van der Waals surface area contributed by atoms with Gasteiger partial charge < -0.3 is 10.6 Å². The maximum absolute atomic E-state index is 13.7. The van der Waals surface area contributed by atoms with E-state index in [-0.39, 0.29) is 24.0 Å². The first-order valence-electron chi connectivity index (χ1n) is 10.4. The van der Waals surface area contributed by atoms with Gasteiger partial charge in [-0.2, -0.15) is 0 Å². The second-order valence-electron chi connectivity index (χ2n) is 7.57. The largest absolute Gasteiger partial charge is 0.326 e. The Labute approximate surface area is 180 Å². The Bertz CT molecular complexity index is 1080. The first kappa shape index (κ1) is 20.6. The number of benzene rings is 3. The molecule has 0 saturated carbocycles. The summed E-state index contributed by atoms with van der Waals surface area (Å²) in [7, 11) is 0. The number of para-hydroxylation sites is 2. The molecule has 1 aliphatic rings. The lowest BCUT2D eigenvalue weighted by atomic mass is 10.1. The minimum Gasteiger partial charge on any atom is -0.323 e. The third kappa shape index (κ3) is 5.09. The second kappa shape index (κ2) is 9.43. The van der Waals surface area contributed by atoms with Gasteiger partial charge >= 0.3 is 6.03 Å². The maximum Gasteiger partial charge on any atom is 0.326 e. The summed E-state index contributed by atoms with van der Waals surface area (Å²) < 4.78 is 13.7. The van der Waals surface area contributed by atoms with Crippen molar-refractivity contribution in [2.75, 3.05) is 22.1 Å². The van der Waals surface area contributed by atoms with Gasteiger partial charge in [0, 0.05) is 17.9 Å². The van der Waals surface area contributed by atoms with E-state index in [9.17, 15) is 14.0 Å². The Morgan fingerprint density at radius 3 is 2.42 bits per heavy atom. The number of rotatable bonds is 4. The molecule has 5 nitrogen and oxygen atoms in total. The van der Waals surface area contributed by atoms with Gasteiger partial charge in [-0.15, -0.1) is 0 Å². The van der Waals surface area contributed by atoms with Crippen LogP contribution in [0.2, 0.25) is 0 Å². The van der Waals surface area contributed by atoms with E-state index in [4.69, 9.17) is 0 Å². The number of anilines is 3. The molecular weight excluding hydrogens is 393 g/mol. The summed E-state index contributed by atoms with van der Waals surface area (Å²) in [4.78, 5) is 26.9. The van der Waals surface area contributed by atoms with E-state index in [1.54, 1.807) is 41.3 Å². The van der Waals surface area contributed by atoms with Gasteiger partial charge in [0.2, 0.25) is 5.91 Å². The van der Waals surface area contributed by atoms with Gasteiger partial charge in [0.1, 0.15) is 5.82 Å². The molecule has 1 aliphatic heterocycles. The van der Waals surface area contributed by atoms with E-state index in [2.05, 4.69) is 16.7 Å². The molecule has 0 atom stereocenters. The third-order valence-corrected chi connectivity index (χ3v) is 5.32. The van der Waals surface area contributed by atoms with Crippen LogP contribution in [0.5, 0.6) is 0 Å². The summed E-state index contributed by atoms with van der Waals surface area (Å²) in [5, 5.41) is 5.52. The van der Waals surface area contributed by atoms with Gasteiger partial charge in [0.05, 0.1) is 12.1 Å². The molecule has 2 N–H and O–H groups in total. The van der Waals surface area contributed by atoms with Crippen LogP contribution < -0.4 is 15.5 Å². The van der Waals surface area contributed by atoms with E-state index < -0.39 is 5.82 Å². The fourth-order valence-corrected chi connectivity index (χ4v) is 3.74. The van der Waals surface area contributed by atoms with Crippen LogP contribution >= 0.6 is 0 Å². The normalized spacial score (nSPS) is 13.1. The van der Waals surface area contributed by atoms with Gasteiger partial charge in [-0.3, -0.25) is 9.69 Å². The van der Waals surface area contributed by atoms with Crippen LogP contribution in [0, 0.1) is 5.82 Å². The molecule has 0 spiro atoms.